The average Bonchev–Trinajstić information content (AvgIpc) is 3.67. The lowest BCUT2D eigenvalue weighted by Gasteiger charge is -2.30. The number of benzene rings is 3. The summed E-state index contributed by atoms with van der Waals surface area (Å²) in [5, 5.41) is 8.08. The third-order valence-electron chi connectivity index (χ3n) is 8.81. The number of rotatable bonds is 5. The topological polar surface area (TPSA) is 104 Å². The van der Waals surface area contributed by atoms with Crippen molar-refractivity contribution in [1.29, 1.82) is 0 Å². The minimum atomic E-state index is -1.39. The van der Waals surface area contributed by atoms with E-state index in [0.717, 1.165) is 27.6 Å². The van der Waals surface area contributed by atoms with Crippen LogP contribution in [-0.2, 0) is 32.9 Å². The van der Waals surface area contributed by atoms with Gasteiger partial charge in [0.1, 0.15) is 11.3 Å². The van der Waals surface area contributed by atoms with E-state index in [2.05, 4.69) is 15.6 Å². The van der Waals surface area contributed by atoms with Crippen molar-refractivity contribution in [2.75, 3.05) is 12.4 Å². The predicted octanol–water partition coefficient (Wildman–Crippen LogP) is 4.30. The van der Waals surface area contributed by atoms with Crippen LogP contribution in [0.2, 0.25) is 5.02 Å². The summed E-state index contributed by atoms with van der Waals surface area (Å²) in [5.74, 6) is -2.05. The van der Waals surface area contributed by atoms with Crippen molar-refractivity contribution < 1.29 is 19.1 Å². The lowest BCUT2D eigenvalue weighted by atomic mass is 9.76. The normalized spacial score (nSPS) is 25.1. The van der Waals surface area contributed by atoms with Crippen LogP contribution in [0.3, 0.4) is 0 Å². The first kappa shape index (κ1) is 24.9. The third kappa shape index (κ3) is 3.33. The van der Waals surface area contributed by atoms with Crippen LogP contribution >= 0.6 is 11.6 Å². The van der Waals surface area contributed by atoms with Gasteiger partial charge >= 0.3 is 0 Å². The fraction of sp³-hybridized carbons (Fsp3) is 0.258. The van der Waals surface area contributed by atoms with Crippen LogP contribution in [-0.4, -0.2) is 40.8 Å². The zero-order valence-corrected chi connectivity index (χ0v) is 22.7. The number of likely N-dealkylation sites (tertiary alicyclic amines) is 1. The molecular formula is C31H27ClN4O4. The number of ether oxygens (including phenoxy) is 1. The molecule has 0 aliphatic carbocycles. The first-order chi connectivity index (χ1) is 19.3. The standard InChI is InChI=1S/C31H27ClN4O4/c1-16-21(32)12-11-20-27(16)34-30(39)31(20)26-25(23(35-31)13-18-14-33-22-9-5-4-8-19(18)22)28(37)36(29(26)38)15-17-7-3-6-10-24(17)40-2/h3-12,14,23,25-26,33,35H,13,15H2,1-2H3,(H,34,39)/t23-,25+,26-,31+/m0/s1. The molecule has 0 saturated carbocycles. The van der Waals surface area contributed by atoms with E-state index in [9.17, 15) is 14.4 Å². The third-order valence-corrected chi connectivity index (χ3v) is 9.22. The van der Waals surface area contributed by atoms with Crippen molar-refractivity contribution in [3.63, 3.8) is 0 Å². The van der Waals surface area contributed by atoms with Crippen molar-refractivity contribution in [3.8, 4) is 5.75 Å². The molecule has 0 unspecified atom stereocenters. The van der Waals surface area contributed by atoms with E-state index in [4.69, 9.17) is 16.3 Å². The molecule has 4 atom stereocenters. The Kier molecular flexibility index (Phi) is 5.56. The van der Waals surface area contributed by atoms with Gasteiger partial charge in [0.15, 0.2) is 0 Å². The highest BCUT2D eigenvalue weighted by atomic mass is 35.5. The van der Waals surface area contributed by atoms with Gasteiger partial charge in [-0.25, -0.2) is 0 Å². The quantitative estimate of drug-likeness (QED) is 0.319. The van der Waals surface area contributed by atoms with Crippen LogP contribution in [0.4, 0.5) is 5.69 Å². The largest absolute Gasteiger partial charge is 0.496 e. The Bertz CT molecular complexity index is 1730. The van der Waals surface area contributed by atoms with Gasteiger partial charge in [-0.3, -0.25) is 24.6 Å². The second-order valence-corrected chi connectivity index (χ2v) is 11.2. The van der Waals surface area contributed by atoms with E-state index in [-0.39, 0.29) is 24.3 Å². The number of nitrogens with zero attached hydrogens (tertiary/aromatic N) is 1. The summed E-state index contributed by atoms with van der Waals surface area (Å²) in [6, 6.07) is 18.4. The van der Waals surface area contributed by atoms with Gasteiger partial charge in [-0.2, -0.15) is 0 Å². The van der Waals surface area contributed by atoms with E-state index in [1.54, 1.807) is 25.3 Å². The molecule has 8 nitrogen and oxygen atoms in total. The number of hydrogen-bond acceptors (Lipinski definition) is 5. The summed E-state index contributed by atoms with van der Waals surface area (Å²) < 4.78 is 5.49. The second-order valence-electron chi connectivity index (χ2n) is 10.7. The Hall–Kier alpha value is -4.14. The first-order valence-electron chi connectivity index (χ1n) is 13.3. The lowest BCUT2D eigenvalue weighted by molar-refractivity contribution is -0.143. The van der Waals surface area contributed by atoms with Crippen molar-refractivity contribution in [3.05, 3.63) is 94.1 Å². The minimum absolute atomic E-state index is 0.0681. The Labute approximate surface area is 235 Å². The minimum Gasteiger partial charge on any atom is -0.496 e. The van der Waals surface area contributed by atoms with Crippen molar-refractivity contribution in [1.82, 2.24) is 15.2 Å². The highest BCUT2D eigenvalue weighted by molar-refractivity contribution is 6.32. The number of carbonyl (C=O) groups is 3. The molecule has 4 aromatic rings. The van der Waals surface area contributed by atoms with Crippen LogP contribution in [0.25, 0.3) is 10.9 Å². The van der Waals surface area contributed by atoms with Gasteiger partial charge in [-0.1, -0.05) is 54.1 Å². The van der Waals surface area contributed by atoms with Gasteiger partial charge in [-0.15, -0.1) is 0 Å². The molecule has 3 aliphatic rings. The summed E-state index contributed by atoms with van der Waals surface area (Å²) in [7, 11) is 1.56. The molecular weight excluding hydrogens is 528 g/mol. The number of aromatic amines is 1. The number of fused-ring (bicyclic) bond motifs is 5. The summed E-state index contributed by atoms with van der Waals surface area (Å²) in [6.07, 6.45) is 2.40. The zero-order chi connectivity index (χ0) is 27.8. The molecule has 1 spiro atoms. The van der Waals surface area contributed by atoms with Gasteiger partial charge in [-0.05, 0) is 42.7 Å². The molecule has 2 fully saturated rings. The number of anilines is 1. The van der Waals surface area contributed by atoms with Crippen LogP contribution < -0.4 is 15.4 Å². The zero-order valence-electron chi connectivity index (χ0n) is 22.0. The number of methoxy groups -OCH3 is 1. The molecule has 202 valence electrons. The van der Waals surface area contributed by atoms with Gasteiger partial charge in [0.25, 0.3) is 0 Å². The number of hydrogen-bond donors (Lipinski definition) is 3. The van der Waals surface area contributed by atoms with Crippen molar-refractivity contribution in [2.45, 2.75) is 31.5 Å². The summed E-state index contributed by atoms with van der Waals surface area (Å²) in [5.41, 5.74) is 3.30. The Morgan fingerprint density at radius 1 is 0.975 bits per heavy atom. The lowest BCUT2D eigenvalue weighted by Crippen LogP contribution is -2.53. The molecule has 3 N–H and O–H groups in total. The monoisotopic (exact) mass is 554 g/mol. The molecule has 40 heavy (non-hydrogen) atoms. The molecule has 4 heterocycles. The molecule has 9 heteroatoms. The van der Waals surface area contributed by atoms with Crippen molar-refractivity contribution in [2.24, 2.45) is 11.8 Å². The summed E-state index contributed by atoms with van der Waals surface area (Å²) in [6.45, 7) is 1.91. The Balaban J connectivity index is 1.35. The fourth-order valence-corrected chi connectivity index (χ4v) is 7.08. The molecule has 1 aromatic heterocycles. The van der Waals surface area contributed by atoms with E-state index < -0.39 is 23.4 Å². The van der Waals surface area contributed by atoms with Crippen LogP contribution in [0, 0.1) is 18.8 Å². The predicted molar refractivity (Wildman–Crippen MR) is 151 cm³/mol. The van der Waals surface area contributed by atoms with Crippen LogP contribution in [0.1, 0.15) is 22.3 Å². The van der Waals surface area contributed by atoms with Crippen LogP contribution in [0.15, 0.2) is 66.9 Å². The number of imide groups is 1. The maximum absolute atomic E-state index is 14.2. The number of para-hydroxylation sites is 2. The maximum atomic E-state index is 14.2. The molecule has 3 amide bonds. The molecule has 3 aromatic carbocycles. The maximum Gasteiger partial charge on any atom is 0.250 e. The Morgan fingerprint density at radius 3 is 2.58 bits per heavy atom. The number of nitrogens with one attached hydrogen (secondary N) is 3. The molecule has 0 bridgehead atoms. The molecule has 2 saturated heterocycles. The number of carbonyl (C=O) groups excluding carboxylic acids is 3. The molecule has 3 aliphatic heterocycles. The highest BCUT2D eigenvalue weighted by Crippen LogP contribution is 2.54. The number of halogens is 1. The molecule has 0 radical (unpaired) electrons. The summed E-state index contributed by atoms with van der Waals surface area (Å²) >= 11 is 6.40. The van der Waals surface area contributed by atoms with E-state index in [1.807, 2.05) is 55.6 Å². The van der Waals surface area contributed by atoms with E-state index >= 15 is 0 Å². The molecule has 7 rings (SSSR count). The number of H-pyrrole nitrogens is 1. The second kappa shape index (κ2) is 8.94. The number of aromatic nitrogens is 1. The summed E-state index contributed by atoms with van der Waals surface area (Å²) in [4.78, 5) is 46.9. The van der Waals surface area contributed by atoms with Gasteiger partial charge < -0.3 is 15.0 Å². The van der Waals surface area contributed by atoms with Crippen LogP contribution in [0.5, 0.6) is 5.75 Å². The van der Waals surface area contributed by atoms with Gasteiger partial charge in [0.2, 0.25) is 17.7 Å². The van der Waals surface area contributed by atoms with E-state index in [0.29, 0.717) is 28.4 Å². The van der Waals surface area contributed by atoms with Crippen molar-refractivity contribution >= 4 is 45.9 Å². The number of amides is 3. The first-order valence-corrected chi connectivity index (χ1v) is 13.6. The SMILES string of the molecule is COc1ccccc1CN1C(=O)[C@@H]2[C@H](Cc3c[nH]c4ccccc34)N[C@@]3(C(=O)Nc4c3ccc(Cl)c4C)[C@@H]2C1=O. The van der Waals surface area contributed by atoms with Gasteiger partial charge in [0.05, 0.1) is 31.2 Å². The fourth-order valence-electron chi connectivity index (χ4n) is 6.92. The van der Waals surface area contributed by atoms with Gasteiger partial charge in [0, 0.05) is 39.3 Å². The highest BCUT2D eigenvalue weighted by Gasteiger charge is 2.70. The van der Waals surface area contributed by atoms with E-state index in [1.165, 1.54) is 4.90 Å². The average molecular weight is 555 g/mol. The Morgan fingerprint density at radius 2 is 1.75 bits per heavy atom. The smallest absolute Gasteiger partial charge is 0.250 e.